The zero-order chi connectivity index (χ0) is 13.8. The minimum atomic E-state index is -0.952. The van der Waals surface area contributed by atoms with Gasteiger partial charge in [-0.05, 0) is 37.0 Å². The topological polar surface area (TPSA) is 57.6 Å². The van der Waals surface area contributed by atoms with Gasteiger partial charge in [-0.2, -0.15) is 0 Å². The SMILES string of the molecule is O=C(O)CN(C(=O)CCc1ccc(Cl)cc1)C1CC1. The number of aliphatic carboxylic acids is 1. The lowest BCUT2D eigenvalue weighted by Crippen LogP contribution is -2.37. The number of halogens is 1. The van der Waals surface area contributed by atoms with Crippen LogP contribution in [0.2, 0.25) is 5.02 Å². The third-order valence-electron chi connectivity index (χ3n) is 3.15. The summed E-state index contributed by atoms with van der Waals surface area (Å²) in [5, 5.41) is 9.48. The zero-order valence-electron chi connectivity index (χ0n) is 10.5. The number of nitrogens with zero attached hydrogens (tertiary/aromatic N) is 1. The molecular weight excluding hydrogens is 266 g/mol. The molecule has 0 atom stereocenters. The molecule has 4 nitrogen and oxygen atoms in total. The van der Waals surface area contributed by atoms with Gasteiger partial charge < -0.3 is 10.0 Å². The summed E-state index contributed by atoms with van der Waals surface area (Å²) in [4.78, 5) is 24.3. The molecule has 1 aromatic rings. The Labute approximate surface area is 117 Å². The summed E-state index contributed by atoms with van der Waals surface area (Å²) < 4.78 is 0. The minimum absolute atomic E-state index is 0.0835. The number of carbonyl (C=O) groups excluding carboxylic acids is 1. The van der Waals surface area contributed by atoms with Crippen molar-refractivity contribution in [2.75, 3.05) is 6.54 Å². The van der Waals surface area contributed by atoms with Crippen LogP contribution < -0.4 is 0 Å². The molecule has 1 aliphatic carbocycles. The maximum absolute atomic E-state index is 12.0. The van der Waals surface area contributed by atoms with Crippen LogP contribution in [-0.4, -0.2) is 34.5 Å². The van der Waals surface area contributed by atoms with Gasteiger partial charge in [0, 0.05) is 17.5 Å². The molecule has 2 rings (SSSR count). The number of carboxylic acid groups (broad SMARTS) is 1. The normalized spacial score (nSPS) is 14.2. The molecule has 1 fully saturated rings. The fraction of sp³-hybridized carbons (Fsp3) is 0.429. The first-order chi connectivity index (χ1) is 9.06. The van der Waals surface area contributed by atoms with Gasteiger partial charge >= 0.3 is 5.97 Å². The van der Waals surface area contributed by atoms with Gasteiger partial charge in [-0.3, -0.25) is 9.59 Å². The van der Waals surface area contributed by atoms with Crippen molar-refractivity contribution in [2.45, 2.75) is 31.7 Å². The number of rotatable bonds is 6. The lowest BCUT2D eigenvalue weighted by Gasteiger charge is -2.20. The van der Waals surface area contributed by atoms with Crippen molar-refractivity contribution >= 4 is 23.5 Å². The summed E-state index contributed by atoms with van der Waals surface area (Å²) in [7, 11) is 0. The lowest BCUT2D eigenvalue weighted by atomic mass is 10.1. The summed E-state index contributed by atoms with van der Waals surface area (Å²) >= 11 is 5.79. The number of hydrogen-bond donors (Lipinski definition) is 1. The minimum Gasteiger partial charge on any atom is -0.480 e. The van der Waals surface area contributed by atoms with Crippen LogP contribution in [0.5, 0.6) is 0 Å². The Balaban J connectivity index is 1.88. The molecule has 0 bridgehead atoms. The number of carboxylic acids is 1. The second-order valence-corrected chi connectivity index (χ2v) is 5.21. The predicted molar refractivity (Wildman–Crippen MR) is 72.1 cm³/mol. The summed E-state index contributed by atoms with van der Waals surface area (Å²) in [6, 6.07) is 7.48. The molecule has 0 radical (unpaired) electrons. The van der Waals surface area contributed by atoms with Crippen molar-refractivity contribution in [1.82, 2.24) is 4.90 Å². The van der Waals surface area contributed by atoms with Crippen LogP contribution in [0.25, 0.3) is 0 Å². The van der Waals surface area contributed by atoms with E-state index in [1.165, 1.54) is 4.90 Å². The van der Waals surface area contributed by atoms with E-state index in [0.29, 0.717) is 17.9 Å². The standard InChI is InChI=1S/C14H16ClNO3/c15-11-4-1-10(2-5-11)3-8-13(17)16(9-14(18)19)12-6-7-12/h1-2,4-5,12H,3,6-9H2,(H,18,19). The Morgan fingerprint density at radius 2 is 1.89 bits per heavy atom. The molecule has 0 aromatic heterocycles. The van der Waals surface area contributed by atoms with E-state index in [0.717, 1.165) is 18.4 Å². The second-order valence-electron chi connectivity index (χ2n) is 4.77. The quantitative estimate of drug-likeness (QED) is 0.871. The van der Waals surface area contributed by atoms with E-state index in [9.17, 15) is 9.59 Å². The van der Waals surface area contributed by atoms with Crippen molar-refractivity contribution in [2.24, 2.45) is 0 Å². The molecule has 102 valence electrons. The molecule has 1 aliphatic rings. The number of hydrogen-bond acceptors (Lipinski definition) is 2. The molecule has 1 N–H and O–H groups in total. The average molecular weight is 282 g/mol. The van der Waals surface area contributed by atoms with Crippen LogP contribution in [0.15, 0.2) is 24.3 Å². The molecule has 0 saturated heterocycles. The highest BCUT2D eigenvalue weighted by molar-refractivity contribution is 6.30. The summed E-state index contributed by atoms with van der Waals surface area (Å²) in [5.41, 5.74) is 1.03. The van der Waals surface area contributed by atoms with Gasteiger partial charge in [-0.15, -0.1) is 0 Å². The van der Waals surface area contributed by atoms with Crippen LogP contribution in [0.1, 0.15) is 24.8 Å². The van der Waals surface area contributed by atoms with Crippen molar-refractivity contribution in [3.63, 3.8) is 0 Å². The Morgan fingerprint density at radius 3 is 2.42 bits per heavy atom. The van der Waals surface area contributed by atoms with Crippen LogP contribution in [0.3, 0.4) is 0 Å². The van der Waals surface area contributed by atoms with Crippen molar-refractivity contribution in [3.05, 3.63) is 34.9 Å². The molecule has 0 spiro atoms. The third kappa shape index (κ3) is 4.24. The number of benzene rings is 1. The van der Waals surface area contributed by atoms with Crippen LogP contribution >= 0.6 is 11.6 Å². The van der Waals surface area contributed by atoms with Gasteiger partial charge in [0.25, 0.3) is 0 Å². The molecule has 19 heavy (non-hydrogen) atoms. The fourth-order valence-electron chi connectivity index (χ4n) is 2.00. The van der Waals surface area contributed by atoms with Gasteiger partial charge in [-0.25, -0.2) is 0 Å². The smallest absolute Gasteiger partial charge is 0.323 e. The Morgan fingerprint density at radius 1 is 1.26 bits per heavy atom. The van der Waals surface area contributed by atoms with Gasteiger partial charge in [0.2, 0.25) is 5.91 Å². The molecule has 1 amide bonds. The average Bonchev–Trinajstić information content (AvgIpc) is 3.19. The first kappa shape index (κ1) is 13.9. The summed E-state index contributed by atoms with van der Waals surface area (Å²) in [6.45, 7) is -0.190. The summed E-state index contributed by atoms with van der Waals surface area (Å²) in [5.74, 6) is -1.04. The van der Waals surface area contributed by atoms with E-state index >= 15 is 0 Å². The van der Waals surface area contributed by atoms with Crippen LogP contribution in [0, 0.1) is 0 Å². The third-order valence-corrected chi connectivity index (χ3v) is 3.41. The van der Waals surface area contributed by atoms with Crippen LogP contribution in [0.4, 0.5) is 0 Å². The Kier molecular flexibility index (Phi) is 4.43. The maximum atomic E-state index is 12.0. The molecule has 5 heteroatoms. The lowest BCUT2D eigenvalue weighted by molar-refractivity contribution is -0.144. The van der Waals surface area contributed by atoms with Crippen molar-refractivity contribution < 1.29 is 14.7 Å². The molecule has 0 aliphatic heterocycles. The van der Waals surface area contributed by atoms with E-state index in [2.05, 4.69) is 0 Å². The number of aryl methyl sites for hydroxylation is 1. The molecular formula is C14H16ClNO3. The fourth-order valence-corrected chi connectivity index (χ4v) is 2.12. The maximum Gasteiger partial charge on any atom is 0.323 e. The van der Waals surface area contributed by atoms with Crippen LogP contribution in [-0.2, 0) is 16.0 Å². The molecule has 1 saturated carbocycles. The molecule has 0 unspecified atom stereocenters. The number of amides is 1. The van der Waals surface area contributed by atoms with Gasteiger partial charge in [0.05, 0.1) is 0 Å². The first-order valence-corrected chi connectivity index (χ1v) is 6.70. The van der Waals surface area contributed by atoms with E-state index in [1.54, 1.807) is 12.1 Å². The Hall–Kier alpha value is -1.55. The summed E-state index contributed by atoms with van der Waals surface area (Å²) in [6.07, 6.45) is 2.78. The van der Waals surface area contributed by atoms with E-state index in [4.69, 9.17) is 16.7 Å². The van der Waals surface area contributed by atoms with Gasteiger partial charge in [0.1, 0.15) is 6.54 Å². The van der Waals surface area contributed by atoms with Crippen molar-refractivity contribution in [3.8, 4) is 0 Å². The second kappa shape index (κ2) is 6.06. The highest BCUT2D eigenvalue weighted by atomic mass is 35.5. The predicted octanol–water partition coefficient (Wildman–Crippen LogP) is 2.35. The largest absolute Gasteiger partial charge is 0.480 e. The zero-order valence-corrected chi connectivity index (χ0v) is 11.3. The van der Waals surface area contributed by atoms with E-state index < -0.39 is 5.97 Å². The molecule has 1 aromatic carbocycles. The van der Waals surface area contributed by atoms with E-state index in [-0.39, 0.29) is 18.5 Å². The number of carbonyl (C=O) groups is 2. The first-order valence-electron chi connectivity index (χ1n) is 6.32. The van der Waals surface area contributed by atoms with Gasteiger partial charge in [-0.1, -0.05) is 23.7 Å². The Bertz CT molecular complexity index is 468. The molecule has 0 heterocycles. The highest BCUT2D eigenvalue weighted by Crippen LogP contribution is 2.27. The van der Waals surface area contributed by atoms with E-state index in [1.807, 2.05) is 12.1 Å². The monoisotopic (exact) mass is 281 g/mol. The van der Waals surface area contributed by atoms with Gasteiger partial charge in [0.15, 0.2) is 0 Å². The van der Waals surface area contributed by atoms with Crippen molar-refractivity contribution in [1.29, 1.82) is 0 Å². The highest BCUT2D eigenvalue weighted by Gasteiger charge is 2.33.